The van der Waals surface area contributed by atoms with Crippen molar-refractivity contribution in [2.24, 2.45) is 5.73 Å². The monoisotopic (exact) mass is 371 g/mol. The van der Waals surface area contributed by atoms with Crippen LogP contribution in [0.3, 0.4) is 0 Å². The van der Waals surface area contributed by atoms with Crippen molar-refractivity contribution >= 4 is 56.4 Å². The maximum Gasteiger partial charge on any atom is 0.251 e. The van der Waals surface area contributed by atoms with E-state index in [-0.39, 0.29) is 11.7 Å². The lowest BCUT2D eigenvalue weighted by molar-refractivity contribution is -0.113. The number of unbranched alkanes of at least 4 members (excludes halogenated alkanes) is 1. The number of rotatable bonds is 9. The highest BCUT2D eigenvalue weighted by molar-refractivity contribution is 8.01. The van der Waals surface area contributed by atoms with Gasteiger partial charge in [-0.15, -0.1) is 21.5 Å². The average Bonchev–Trinajstić information content (AvgIpc) is 3.14. The van der Waals surface area contributed by atoms with Gasteiger partial charge in [0.05, 0.1) is 11.3 Å². The highest BCUT2D eigenvalue weighted by Crippen LogP contribution is 2.27. The number of thiophene rings is 1. The van der Waals surface area contributed by atoms with Crippen molar-refractivity contribution in [3.8, 4) is 0 Å². The van der Waals surface area contributed by atoms with E-state index in [1.54, 1.807) is 11.4 Å². The topological polar surface area (TPSA) is 110 Å². The van der Waals surface area contributed by atoms with Crippen molar-refractivity contribution in [1.29, 1.82) is 0 Å². The third-order valence-electron chi connectivity index (χ3n) is 2.72. The van der Waals surface area contributed by atoms with Gasteiger partial charge in [-0.05, 0) is 17.9 Å². The van der Waals surface area contributed by atoms with Crippen LogP contribution in [-0.2, 0) is 4.79 Å². The smallest absolute Gasteiger partial charge is 0.251 e. The van der Waals surface area contributed by atoms with Crippen LogP contribution in [0.4, 0.5) is 10.1 Å². The second kappa shape index (κ2) is 8.85. The zero-order chi connectivity index (χ0) is 16.7. The zero-order valence-electron chi connectivity index (χ0n) is 12.5. The van der Waals surface area contributed by atoms with Crippen molar-refractivity contribution in [2.45, 2.75) is 24.1 Å². The molecule has 0 bridgehead atoms. The summed E-state index contributed by atoms with van der Waals surface area (Å²) in [5, 5.41) is 16.9. The number of carbonyl (C=O) groups excluding carboxylic acids is 2. The fourth-order valence-corrected chi connectivity index (χ4v) is 3.99. The number of nitrogens with one attached hydrogen (secondary N) is 2. The maximum absolute atomic E-state index is 11.9. The van der Waals surface area contributed by atoms with Gasteiger partial charge in [-0.2, -0.15) is 0 Å². The van der Waals surface area contributed by atoms with Gasteiger partial charge >= 0.3 is 0 Å². The maximum atomic E-state index is 11.9. The quantitative estimate of drug-likeness (QED) is 0.462. The Morgan fingerprint density at radius 3 is 2.96 bits per heavy atom. The molecule has 4 N–H and O–H groups in total. The molecule has 7 nitrogen and oxygen atoms in total. The molecular formula is C13H17N5O2S3. The normalized spacial score (nSPS) is 10.5. The fourth-order valence-electron chi connectivity index (χ4n) is 1.60. The van der Waals surface area contributed by atoms with Crippen LogP contribution in [0.1, 0.15) is 30.1 Å². The van der Waals surface area contributed by atoms with Crippen LogP contribution in [0.15, 0.2) is 15.8 Å². The van der Waals surface area contributed by atoms with E-state index in [0.717, 1.165) is 28.9 Å². The third kappa shape index (κ3) is 5.48. The number of carbonyl (C=O) groups is 2. The summed E-state index contributed by atoms with van der Waals surface area (Å²) in [5.74, 6) is -0.573. The van der Waals surface area contributed by atoms with Gasteiger partial charge < -0.3 is 16.4 Å². The Kier molecular flexibility index (Phi) is 6.81. The van der Waals surface area contributed by atoms with Crippen LogP contribution < -0.4 is 16.4 Å². The van der Waals surface area contributed by atoms with Gasteiger partial charge in [0, 0.05) is 6.54 Å². The van der Waals surface area contributed by atoms with Crippen LogP contribution in [0.2, 0.25) is 0 Å². The Balaban J connectivity index is 1.80. The Hall–Kier alpha value is -1.65. The number of nitrogens with two attached hydrogens (primary N) is 1. The van der Waals surface area contributed by atoms with E-state index in [1.807, 2.05) is 0 Å². The first kappa shape index (κ1) is 17.7. The summed E-state index contributed by atoms with van der Waals surface area (Å²) in [6.45, 7) is 2.99. The molecule has 2 amide bonds. The molecule has 0 saturated carbocycles. The zero-order valence-corrected chi connectivity index (χ0v) is 14.9. The van der Waals surface area contributed by atoms with Crippen LogP contribution in [0, 0.1) is 0 Å². The molecule has 23 heavy (non-hydrogen) atoms. The minimum absolute atomic E-state index is 0.194. The summed E-state index contributed by atoms with van der Waals surface area (Å²) in [6.07, 6.45) is 2.19. The number of aromatic nitrogens is 2. The van der Waals surface area contributed by atoms with E-state index >= 15 is 0 Å². The van der Waals surface area contributed by atoms with Gasteiger partial charge in [-0.3, -0.25) is 9.59 Å². The standard InChI is InChI=1S/C13H17N5O2S3/c1-2-3-5-15-12-17-18-13(23-12)22-7-9(19)16-11-8(10(14)20)4-6-21-11/h4,6H,2-3,5,7H2,1H3,(H2,14,20)(H,15,17)(H,16,19). The van der Waals surface area contributed by atoms with Gasteiger partial charge in [0.2, 0.25) is 11.0 Å². The molecule has 0 saturated heterocycles. The predicted octanol–water partition coefficient (Wildman–Crippen LogP) is 2.64. The Labute approximate surface area is 146 Å². The molecule has 0 radical (unpaired) electrons. The molecule has 0 spiro atoms. The molecule has 2 aromatic heterocycles. The SMILES string of the molecule is CCCCNc1nnc(SCC(=O)Nc2sccc2C(N)=O)s1. The molecule has 0 fully saturated rings. The molecule has 0 aliphatic heterocycles. The van der Waals surface area contributed by atoms with Crippen molar-refractivity contribution in [3.05, 3.63) is 17.0 Å². The molecule has 0 unspecified atom stereocenters. The van der Waals surface area contributed by atoms with Gasteiger partial charge in [-0.1, -0.05) is 36.4 Å². The lowest BCUT2D eigenvalue weighted by atomic mass is 10.3. The van der Waals surface area contributed by atoms with Gasteiger partial charge in [0.15, 0.2) is 4.34 Å². The highest BCUT2D eigenvalue weighted by atomic mass is 32.2. The number of anilines is 2. The summed E-state index contributed by atoms with van der Waals surface area (Å²) in [4.78, 5) is 23.1. The van der Waals surface area contributed by atoms with Crippen LogP contribution in [0.5, 0.6) is 0 Å². The van der Waals surface area contributed by atoms with Gasteiger partial charge in [0.1, 0.15) is 5.00 Å². The van der Waals surface area contributed by atoms with Crippen molar-refractivity contribution in [2.75, 3.05) is 22.9 Å². The van der Waals surface area contributed by atoms with Crippen LogP contribution in [-0.4, -0.2) is 34.3 Å². The summed E-state index contributed by atoms with van der Waals surface area (Å²) in [5.41, 5.74) is 5.57. The van der Waals surface area contributed by atoms with Gasteiger partial charge in [0.25, 0.3) is 5.91 Å². The average molecular weight is 372 g/mol. The second-order valence-corrected chi connectivity index (χ2v) is 7.63. The molecular weight excluding hydrogens is 354 g/mol. The first-order chi connectivity index (χ1) is 11.1. The summed E-state index contributed by atoms with van der Waals surface area (Å²) in [7, 11) is 0. The number of primary amides is 1. The van der Waals surface area contributed by atoms with E-state index in [9.17, 15) is 9.59 Å². The molecule has 2 heterocycles. The van der Waals surface area contributed by atoms with Crippen LogP contribution >= 0.6 is 34.4 Å². The van der Waals surface area contributed by atoms with E-state index in [2.05, 4.69) is 27.8 Å². The van der Waals surface area contributed by atoms with Crippen LogP contribution in [0.25, 0.3) is 0 Å². The van der Waals surface area contributed by atoms with Crippen molar-refractivity contribution < 1.29 is 9.59 Å². The lowest BCUT2D eigenvalue weighted by Crippen LogP contribution is -2.17. The number of hydrogen-bond acceptors (Lipinski definition) is 8. The minimum Gasteiger partial charge on any atom is -0.366 e. The number of amides is 2. The molecule has 0 aromatic carbocycles. The molecule has 124 valence electrons. The summed E-state index contributed by atoms with van der Waals surface area (Å²) >= 11 is 3.99. The molecule has 10 heteroatoms. The van der Waals surface area contributed by atoms with E-state index < -0.39 is 5.91 Å². The summed E-state index contributed by atoms with van der Waals surface area (Å²) in [6, 6.07) is 1.59. The van der Waals surface area contributed by atoms with Crippen molar-refractivity contribution in [1.82, 2.24) is 10.2 Å². The first-order valence-corrected chi connectivity index (χ1v) is 9.65. The largest absolute Gasteiger partial charge is 0.366 e. The minimum atomic E-state index is -0.555. The highest BCUT2D eigenvalue weighted by Gasteiger charge is 2.13. The number of thioether (sulfide) groups is 1. The number of nitrogens with zero attached hydrogens (tertiary/aromatic N) is 2. The second-order valence-electron chi connectivity index (χ2n) is 4.52. The number of hydrogen-bond donors (Lipinski definition) is 3. The first-order valence-electron chi connectivity index (χ1n) is 6.97. The van der Waals surface area contributed by atoms with Gasteiger partial charge in [-0.25, -0.2) is 0 Å². The van der Waals surface area contributed by atoms with E-state index in [1.165, 1.54) is 34.4 Å². The Bertz CT molecular complexity index is 670. The molecule has 0 atom stereocenters. The van der Waals surface area contributed by atoms with E-state index in [0.29, 0.717) is 10.6 Å². The molecule has 0 aliphatic rings. The predicted molar refractivity (Wildman–Crippen MR) is 95.5 cm³/mol. The molecule has 0 aliphatic carbocycles. The Morgan fingerprint density at radius 2 is 2.22 bits per heavy atom. The van der Waals surface area contributed by atoms with E-state index in [4.69, 9.17) is 5.73 Å². The summed E-state index contributed by atoms with van der Waals surface area (Å²) < 4.78 is 0.723. The molecule has 2 rings (SSSR count). The van der Waals surface area contributed by atoms with Crippen molar-refractivity contribution in [3.63, 3.8) is 0 Å². The lowest BCUT2D eigenvalue weighted by Gasteiger charge is -2.03. The molecule has 2 aromatic rings. The fraction of sp³-hybridized carbons (Fsp3) is 0.385. The Morgan fingerprint density at radius 1 is 1.39 bits per heavy atom. The third-order valence-corrected chi connectivity index (χ3v) is 5.57.